The molecule has 0 amide bonds. The van der Waals surface area contributed by atoms with Gasteiger partial charge in [-0.15, -0.1) is 0 Å². The summed E-state index contributed by atoms with van der Waals surface area (Å²) in [5, 5.41) is 0.506. The standard InChI is InChI=1S/C12H19N3S/c1-8(13)6-10-7-9(2)14-12(15-10)11-4-3-5-16-11/h7-8,11H,3-6,13H2,1-2H3. The van der Waals surface area contributed by atoms with Gasteiger partial charge in [-0.25, -0.2) is 9.97 Å². The van der Waals surface area contributed by atoms with Crippen molar-refractivity contribution in [2.24, 2.45) is 5.73 Å². The number of nitrogens with zero attached hydrogens (tertiary/aromatic N) is 2. The van der Waals surface area contributed by atoms with Crippen LogP contribution < -0.4 is 5.73 Å². The molecule has 0 aromatic carbocycles. The van der Waals surface area contributed by atoms with E-state index in [1.54, 1.807) is 0 Å². The number of rotatable bonds is 3. The quantitative estimate of drug-likeness (QED) is 0.876. The van der Waals surface area contributed by atoms with Crippen LogP contribution in [0.2, 0.25) is 0 Å². The van der Waals surface area contributed by atoms with Crippen molar-refractivity contribution < 1.29 is 0 Å². The van der Waals surface area contributed by atoms with Crippen molar-refractivity contribution in [2.75, 3.05) is 5.75 Å². The second-order valence-corrected chi connectivity index (χ2v) is 5.85. The molecule has 0 bridgehead atoms. The fraction of sp³-hybridized carbons (Fsp3) is 0.667. The van der Waals surface area contributed by atoms with Gasteiger partial charge >= 0.3 is 0 Å². The van der Waals surface area contributed by atoms with E-state index >= 15 is 0 Å². The summed E-state index contributed by atoms with van der Waals surface area (Å²) in [5.74, 6) is 2.25. The first kappa shape index (κ1) is 11.9. The second-order valence-electron chi connectivity index (χ2n) is 4.54. The Kier molecular flexibility index (Phi) is 3.82. The third kappa shape index (κ3) is 2.95. The lowest BCUT2D eigenvalue weighted by Gasteiger charge is -2.11. The summed E-state index contributed by atoms with van der Waals surface area (Å²) in [7, 11) is 0. The highest BCUT2D eigenvalue weighted by Gasteiger charge is 2.21. The van der Waals surface area contributed by atoms with Crippen molar-refractivity contribution in [3.63, 3.8) is 0 Å². The minimum absolute atomic E-state index is 0.165. The maximum atomic E-state index is 5.81. The Morgan fingerprint density at radius 3 is 3.00 bits per heavy atom. The van der Waals surface area contributed by atoms with Crippen LogP contribution in [0.15, 0.2) is 6.07 Å². The Balaban J connectivity index is 2.20. The molecule has 2 N–H and O–H groups in total. The van der Waals surface area contributed by atoms with Crippen molar-refractivity contribution in [1.82, 2.24) is 9.97 Å². The summed E-state index contributed by atoms with van der Waals surface area (Å²) < 4.78 is 0. The molecule has 0 spiro atoms. The molecule has 1 saturated heterocycles. The third-order valence-electron chi connectivity index (χ3n) is 2.67. The third-order valence-corrected chi connectivity index (χ3v) is 4.05. The summed E-state index contributed by atoms with van der Waals surface area (Å²) in [6.45, 7) is 4.05. The SMILES string of the molecule is Cc1cc(CC(C)N)nc(C2CCCS2)n1. The number of hydrogen-bond acceptors (Lipinski definition) is 4. The molecule has 4 heteroatoms. The van der Waals surface area contributed by atoms with E-state index in [1.165, 1.54) is 18.6 Å². The van der Waals surface area contributed by atoms with Crippen LogP contribution in [-0.2, 0) is 6.42 Å². The number of hydrogen-bond donors (Lipinski definition) is 1. The van der Waals surface area contributed by atoms with Gasteiger partial charge in [0.25, 0.3) is 0 Å². The average molecular weight is 237 g/mol. The van der Waals surface area contributed by atoms with E-state index < -0.39 is 0 Å². The second kappa shape index (κ2) is 5.15. The molecular weight excluding hydrogens is 218 g/mol. The Morgan fingerprint density at radius 1 is 1.56 bits per heavy atom. The first-order valence-electron chi connectivity index (χ1n) is 5.87. The maximum absolute atomic E-state index is 5.81. The van der Waals surface area contributed by atoms with E-state index in [0.29, 0.717) is 5.25 Å². The van der Waals surface area contributed by atoms with E-state index in [1.807, 2.05) is 31.7 Å². The lowest BCUT2D eigenvalue weighted by Crippen LogP contribution is -2.19. The van der Waals surface area contributed by atoms with Crippen LogP contribution in [0.5, 0.6) is 0 Å². The number of aryl methyl sites for hydroxylation is 1. The fourth-order valence-corrected chi connectivity index (χ4v) is 3.22. The van der Waals surface area contributed by atoms with Gasteiger partial charge in [-0.1, -0.05) is 0 Å². The van der Waals surface area contributed by atoms with Gasteiger partial charge in [0.05, 0.1) is 5.25 Å². The lowest BCUT2D eigenvalue weighted by molar-refractivity contribution is 0.699. The van der Waals surface area contributed by atoms with Gasteiger partial charge in [0.2, 0.25) is 0 Å². The number of nitrogens with two attached hydrogens (primary N) is 1. The molecule has 0 radical (unpaired) electrons. The van der Waals surface area contributed by atoms with Gasteiger partial charge in [-0.2, -0.15) is 11.8 Å². The topological polar surface area (TPSA) is 51.8 Å². The summed E-state index contributed by atoms with van der Waals surface area (Å²) in [4.78, 5) is 9.19. The molecule has 2 heterocycles. The van der Waals surface area contributed by atoms with Crippen molar-refractivity contribution in [3.8, 4) is 0 Å². The fourth-order valence-electron chi connectivity index (χ4n) is 2.02. The van der Waals surface area contributed by atoms with Crippen LogP contribution >= 0.6 is 11.8 Å². The molecule has 1 aliphatic heterocycles. The summed E-state index contributed by atoms with van der Waals surface area (Å²) in [6, 6.07) is 2.21. The zero-order valence-electron chi connectivity index (χ0n) is 9.94. The molecular formula is C12H19N3S. The van der Waals surface area contributed by atoms with Gasteiger partial charge in [-0.05, 0) is 38.5 Å². The predicted molar refractivity (Wildman–Crippen MR) is 68.6 cm³/mol. The Hall–Kier alpha value is -0.610. The molecule has 1 aromatic rings. The molecule has 2 rings (SSSR count). The molecule has 1 fully saturated rings. The molecule has 16 heavy (non-hydrogen) atoms. The van der Waals surface area contributed by atoms with E-state index in [-0.39, 0.29) is 6.04 Å². The maximum Gasteiger partial charge on any atom is 0.141 e. The zero-order valence-corrected chi connectivity index (χ0v) is 10.8. The van der Waals surface area contributed by atoms with Gasteiger partial charge in [-0.3, -0.25) is 0 Å². The highest BCUT2D eigenvalue weighted by molar-refractivity contribution is 7.99. The summed E-state index contributed by atoms with van der Waals surface area (Å²) in [6.07, 6.45) is 3.34. The summed E-state index contributed by atoms with van der Waals surface area (Å²) in [5.41, 5.74) is 7.96. The van der Waals surface area contributed by atoms with Crippen molar-refractivity contribution in [1.29, 1.82) is 0 Å². The van der Waals surface area contributed by atoms with Gasteiger partial charge < -0.3 is 5.73 Å². The van der Waals surface area contributed by atoms with Crippen LogP contribution in [0.1, 0.15) is 42.2 Å². The van der Waals surface area contributed by atoms with Gasteiger partial charge in [0.15, 0.2) is 0 Å². The highest BCUT2D eigenvalue weighted by atomic mass is 32.2. The number of aromatic nitrogens is 2. The molecule has 2 unspecified atom stereocenters. The van der Waals surface area contributed by atoms with Crippen LogP contribution in [0.25, 0.3) is 0 Å². The molecule has 1 aromatic heterocycles. The largest absolute Gasteiger partial charge is 0.328 e. The molecule has 0 aliphatic carbocycles. The summed E-state index contributed by atoms with van der Waals surface area (Å²) >= 11 is 1.98. The smallest absolute Gasteiger partial charge is 0.141 e. The predicted octanol–water partition coefficient (Wildman–Crippen LogP) is 2.24. The van der Waals surface area contributed by atoms with Crippen molar-refractivity contribution in [2.45, 2.75) is 44.4 Å². The van der Waals surface area contributed by atoms with Crippen LogP contribution in [0.3, 0.4) is 0 Å². The molecule has 3 nitrogen and oxygen atoms in total. The minimum Gasteiger partial charge on any atom is -0.328 e. The van der Waals surface area contributed by atoms with Crippen molar-refractivity contribution >= 4 is 11.8 Å². The zero-order chi connectivity index (χ0) is 11.5. The molecule has 1 aliphatic rings. The van der Waals surface area contributed by atoms with E-state index in [9.17, 15) is 0 Å². The van der Waals surface area contributed by atoms with E-state index in [2.05, 4.69) is 9.97 Å². The Bertz CT molecular complexity index is 359. The number of thioether (sulfide) groups is 1. The van der Waals surface area contributed by atoms with E-state index in [0.717, 1.165) is 23.6 Å². The molecule has 0 saturated carbocycles. The lowest BCUT2D eigenvalue weighted by atomic mass is 10.1. The normalized spacial score (nSPS) is 22.3. The minimum atomic E-state index is 0.165. The Labute approximate surface area is 101 Å². The first-order chi connectivity index (χ1) is 7.65. The first-order valence-corrected chi connectivity index (χ1v) is 6.91. The average Bonchev–Trinajstić information content (AvgIpc) is 2.67. The monoisotopic (exact) mass is 237 g/mol. The van der Waals surface area contributed by atoms with Gasteiger partial charge in [0.1, 0.15) is 5.82 Å². The van der Waals surface area contributed by atoms with E-state index in [4.69, 9.17) is 5.73 Å². The highest BCUT2D eigenvalue weighted by Crippen LogP contribution is 2.38. The Morgan fingerprint density at radius 2 is 2.38 bits per heavy atom. The van der Waals surface area contributed by atoms with Crippen LogP contribution in [0, 0.1) is 6.92 Å². The van der Waals surface area contributed by atoms with Crippen LogP contribution in [0.4, 0.5) is 0 Å². The molecule has 2 atom stereocenters. The van der Waals surface area contributed by atoms with Gasteiger partial charge in [0, 0.05) is 23.9 Å². The van der Waals surface area contributed by atoms with Crippen molar-refractivity contribution in [3.05, 3.63) is 23.3 Å². The van der Waals surface area contributed by atoms with Crippen LogP contribution in [-0.4, -0.2) is 21.8 Å². The molecule has 88 valence electrons.